The second-order valence-corrected chi connectivity index (χ2v) is 6.60. The molecule has 22 heavy (non-hydrogen) atoms. The maximum absolute atomic E-state index is 12.1. The van der Waals surface area contributed by atoms with E-state index >= 15 is 0 Å². The standard InChI is InChI=1S/C17H24ClN3O/c1-14(2)7-8-20-9-11-21(12-10-20)13-17(22)19-16-6-4-3-5-15(16)18/h3-7H,8-13H2,1-2H3,(H,19,22)/p+2. The molecule has 1 saturated heterocycles. The number of carbonyl (C=O) groups excluding carboxylic acids is 1. The molecule has 2 rings (SSSR count). The molecular weight excluding hydrogens is 298 g/mol. The van der Waals surface area contributed by atoms with E-state index in [9.17, 15) is 4.79 Å². The third-order valence-corrected chi connectivity index (χ3v) is 4.35. The highest BCUT2D eigenvalue weighted by Gasteiger charge is 2.24. The summed E-state index contributed by atoms with van der Waals surface area (Å²) in [7, 11) is 0. The molecule has 1 aliphatic rings. The van der Waals surface area contributed by atoms with Crippen LogP contribution in [-0.4, -0.2) is 45.2 Å². The van der Waals surface area contributed by atoms with Crippen molar-refractivity contribution in [1.82, 2.24) is 0 Å². The van der Waals surface area contributed by atoms with Crippen LogP contribution < -0.4 is 15.1 Å². The van der Waals surface area contributed by atoms with Gasteiger partial charge in [0.15, 0.2) is 6.54 Å². The molecule has 1 heterocycles. The average Bonchev–Trinajstić information content (AvgIpc) is 2.49. The van der Waals surface area contributed by atoms with Crippen LogP contribution in [0.1, 0.15) is 13.8 Å². The van der Waals surface area contributed by atoms with Gasteiger partial charge in [-0.3, -0.25) is 4.79 Å². The molecule has 1 aromatic carbocycles. The minimum absolute atomic E-state index is 0.0378. The van der Waals surface area contributed by atoms with Gasteiger partial charge in [-0.1, -0.05) is 29.3 Å². The summed E-state index contributed by atoms with van der Waals surface area (Å²) in [4.78, 5) is 15.1. The Balaban J connectivity index is 1.75. The fourth-order valence-electron chi connectivity index (χ4n) is 2.67. The highest BCUT2D eigenvalue weighted by Crippen LogP contribution is 2.19. The van der Waals surface area contributed by atoms with Gasteiger partial charge in [-0.15, -0.1) is 0 Å². The van der Waals surface area contributed by atoms with Crippen LogP contribution >= 0.6 is 11.6 Å². The van der Waals surface area contributed by atoms with Gasteiger partial charge < -0.3 is 15.1 Å². The first-order chi connectivity index (χ1) is 10.5. The average molecular weight is 324 g/mol. The first-order valence-electron chi connectivity index (χ1n) is 7.89. The molecule has 1 aromatic rings. The molecule has 1 fully saturated rings. The number of rotatable bonds is 5. The Hall–Kier alpha value is -1.36. The maximum Gasteiger partial charge on any atom is 0.279 e. The van der Waals surface area contributed by atoms with E-state index in [2.05, 4.69) is 25.2 Å². The number of allylic oxidation sites excluding steroid dienone is 1. The molecule has 120 valence electrons. The molecule has 0 radical (unpaired) electrons. The summed E-state index contributed by atoms with van der Waals surface area (Å²) < 4.78 is 0. The SMILES string of the molecule is CC(C)=CC[NH+]1CC[NH+](CC(=O)Nc2ccccc2Cl)CC1. The lowest BCUT2D eigenvalue weighted by molar-refractivity contribution is -1.01. The molecule has 0 aliphatic carbocycles. The van der Waals surface area contributed by atoms with Crippen LogP contribution in [0.4, 0.5) is 5.69 Å². The van der Waals surface area contributed by atoms with Crippen molar-refractivity contribution in [1.29, 1.82) is 0 Å². The van der Waals surface area contributed by atoms with Crippen molar-refractivity contribution in [3.05, 3.63) is 40.9 Å². The molecule has 0 saturated carbocycles. The smallest absolute Gasteiger partial charge is 0.279 e. The predicted molar refractivity (Wildman–Crippen MR) is 90.6 cm³/mol. The van der Waals surface area contributed by atoms with Crippen molar-refractivity contribution in [3.63, 3.8) is 0 Å². The van der Waals surface area contributed by atoms with Gasteiger partial charge in [-0.05, 0) is 32.1 Å². The third-order valence-electron chi connectivity index (χ3n) is 4.02. The molecule has 0 unspecified atom stereocenters. The zero-order chi connectivity index (χ0) is 15.9. The predicted octanol–water partition coefficient (Wildman–Crippen LogP) is 0.0281. The number of para-hydroxylation sites is 1. The van der Waals surface area contributed by atoms with Crippen molar-refractivity contribution in [2.24, 2.45) is 0 Å². The minimum Gasteiger partial charge on any atom is -0.322 e. The van der Waals surface area contributed by atoms with Crippen molar-refractivity contribution < 1.29 is 14.6 Å². The molecule has 0 atom stereocenters. The van der Waals surface area contributed by atoms with Gasteiger partial charge in [-0.2, -0.15) is 0 Å². The first kappa shape index (κ1) is 17.0. The van der Waals surface area contributed by atoms with Gasteiger partial charge in [0.1, 0.15) is 26.2 Å². The summed E-state index contributed by atoms with van der Waals surface area (Å²) in [6, 6.07) is 7.35. The summed E-state index contributed by atoms with van der Waals surface area (Å²) in [5.74, 6) is 0.0378. The molecule has 4 nitrogen and oxygen atoms in total. The molecule has 1 amide bonds. The van der Waals surface area contributed by atoms with E-state index in [-0.39, 0.29) is 5.91 Å². The molecule has 1 aliphatic heterocycles. The zero-order valence-electron chi connectivity index (χ0n) is 13.4. The van der Waals surface area contributed by atoms with E-state index in [1.54, 1.807) is 11.0 Å². The molecular formula is C17H26ClN3O+2. The van der Waals surface area contributed by atoms with Gasteiger partial charge in [0, 0.05) is 0 Å². The van der Waals surface area contributed by atoms with Crippen LogP contribution in [0.15, 0.2) is 35.9 Å². The maximum atomic E-state index is 12.1. The van der Waals surface area contributed by atoms with E-state index in [1.165, 1.54) is 10.5 Å². The van der Waals surface area contributed by atoms with E-state index in [4.69, 9.17) is 11.6 Å². The van der Waals surface area contributed by atoms with Crippen LogP contribution in [-0.2, 0) is 4.79 Å². The summed E-state index contributed by atoms with van der Waals surface area (Å²) in [6.45, 7) is 10.2. The Labute approximate surface area is 137 Å². The Morgan fingerprint density at radius 2 is 1.82 bits per heavy atom. The van der Waals surface area contributed by atoms with E-state index in [0.717, 1.165) is 32.7 Å². The van der Waals surface area contributed by atoms with Gasteiger partial charge in [-0.25, -0.2) is 0 Å². The van der Waals surface area contributed by atoms with Crippen molar-refractivity contribution in [3.8, 4) is 0 Å². The minimum atomic E-state index is 0.0378. The summed E-state index contributed by atoms with van der Waals surface area (Å²) in [5.41, 5.74) is 2.07. The quantitative estimate of drug-likeness (QED) is 0.657. The normalized spacial score (nSPS) is 21.2. The number of hydrogen-bond acceptors (Lipinski definition) is 1. The van der Waals surface area contributed by atoms with E-state index in [1.807, 2.05) is 18.2 Å². The van der Waals surface area contributed by atoms with Crippen LogP contribution in [0, 0.1) is 0 Å². The second kappa shape index (κ2) is 8.32. The van der Waals surface area contributed by atoms with Gasteiger partial charge in [0.05, 0.1) is 17.3 Å². The van der Waals surface area contributed by atoms with Crippen LogP contribution in [0.3, 0.4) is 0 Å². The number of anilines is 1. The Morgan fingerprint density at radius 1 is 1.18 bits per heavy atom. The van der Waals surface area contributed by atoms with Gasteiger partial charge >= 0.3 is 0 Å². The number of quaternary nitrogens is 2. The van der Waals surface area contributed by atoms with Crippen LogP contribution in [0.2, 0.25) is 5.02 Å². The number of amides is 1. The molecule has 3 N–H and O–H groups in total. The van der Waals surface area contributed by atoms with Crippen LogP contribution in [0.25, 0.3) is 0 Å². The third kappa shape index (κ3) is 5.44. The number of halogens is 1. The number of carbonyl (C=O) groups is 1. The van der Waals surface area contributed by atoms with Crippen molar-refractivity contribution in [2.45, 2.75) is 13.8 Å². The molecule has 0 bridgehead atoms. The van der Waals surface area contributed by atoms with E-state index < -0.39 is 0 Å². The highest BCUT2D eigenvalue weighted by atomic mass is 35.5. The van der Waals surface area contributed by atoms with Crippen LogP contribution in [0.5, 0.6) is 0 Å². The second-order valence-electron chi connectivity index (χ2n) is 6.19. The summed E-state index contributed by atoms with van der Waals surface area (Å²) in [6.07, 6.45) is 2.30. The lowest BCUT2D eigenvalue weighted by atomic mass is 10.2. The van der Waals surface area contributed by atoms with E-state index in [0.29, 0.717) is 17.3 Å². The number of hydrogen-bond donors (Lipinski definition) is 3. The Bertz CT molecular complexity index is 532. The highest BCUT2D eigenvalue weighted by molar-refractivity contribution is 6.33. The lowest BCUT2D eigenvalue weighted by Gasteiger charge is -2.28. The van der Waals surface area contributed by atoms with Gasteiger partial charge in [0.25, 0.3) is 5.91 Å². The summed E-state index contributed by atoms with van der Waals surface area (Å²) >= 11 is 6.06. The lowest BCUT2D eigenvalue weighted by Crippen LogP contribution is -3.28. The Kier molecular flexibility index (Phi) is 6.43. The fraction of sp³-hybridized carbons (Fsp3) is 0.471. The largest absolute Gasteiger partial charge is 0.322 e. The topological polar surface area (TPSA) is 38.0 Å². The number of piperazine rings is 1. The van der Waals surface area contributed by atoms with Crippen molar-refractivity contribution >= 4 is 23.2 Å². The molecule has 0 aromatic heterocycles. The molecule has 5 heteroatoms. The Morgan fingerprint density at radius 3 is 2.45 bits per heavy atom. The monoisotopic (exact) mass is 323 g/mol. The van der Waals surface area contributed by atoms with Crippen molar-refractivity contribution in [2.75, 3.05) is 44.6 Å². The van der Waals surface area contributed by atoms with Gasteiger partial charge in [0.2, 0.25) is 0 Å². The number of benzene rings is 1. The molecule has 0 spiro atoms. The first-order valence-corrected chi connectivity index (χ1v) is 8.27. The fourth-order valence-corrected chi connectivity index (χ4v) is 2.85. The zero-order valence-corrected chi connectivity index (χ0v) is 14.2. The number of nitrogens with one attached hydrogen (secondary N) is 3. The summed E-state index contributed by atoms with van der Waals surface area (Å²) in [5, 5.41) is 3.49.